The molecule has 108 valence electrons. The molecular weight excluding hydrogens is 338 g/mol. The maximum Gasteiger partial charge on any atom is 0.317 e. The van der Waals surface area contributed by atoms with Gasteiger partial charge in [0, 0.05) is 16.6 Å². The van der Waals surface area contributed by atoms with Crippen molar-refractivity contribution in [2.24, 2.45) is 0 Å². The molecule has 0 aromatic heterocycles. The smallest absolute Gasteiger partial charge is 0.317 e. The van der Waals surface area contributed by atoms with Crippen LogP contribution in [0, 0.1) is 10.1 Å². The number of nitro benzene ring substituents is 1. The van der Waals surface area contributed by atoms with Crippen LogP contribution in [-0.4, -0.2) is 18.0 Å². The number of nitro groups is 1. The van der Waals surface area contributed by atoms with Crippen LogP contribution in [-0.2, 0) is 9.53 Å². The van der Waals surface area contributed by atoms with E-state index in [4.69, 9.17) is 4.74 Å². The molecule has 0 radical (unpaired) electrons. The Morgan fingerprint density at radius 3 is 2.00 bits per heavy atom. The molecule has 0 spiro atoms. The first kappa shape index (κ1) is 15.2. The zero-order valence-electron chi connectivity index (χ0n) is 11.2. The lowest BCUT2D eigenvalue weighted by Crippen LogP contribution is -2.15. The van der Waals surface area contributed by atoms with E-state index in [2.05, 4.69) is 15.9 Å². The monoisotopic (exact) mass is 349 g/mol. The molecule has 2 aromatic rings. The molecule has 2 rings (SSSR count). The standard InChI is InChI=1S/C15H12BrNO4/c1-21-15(18)14(10-2-6-12(16)7-3-10)11-4-8-13(9-5-11)17(19)20/h2-9,14H,1H3/t14-/m1/s1. The van der Waals surface area contributed by atoms with Gasteiger partial charge in [0.05, 0.1) is 12.0 Å². The van der Waals surface area contributed by atoms with Gasteiger partial charge >= 0.3 is 5.97 Å². The Morgan fingerprint density at radius 2 is 1.57 bits per heavy atom. The summed E-state index contributed by atoms with van der Waals surface area (Å²) < 4.78 is 5.75. The molecule has 0 fully saturated rings. The van der Waals surface area contributed by atoms with E-state index in [1.165, 1.54) is 19.2 Å². The van der Waals surface area contributed by atoms with Gasteiger partial charge in [-0.25, -0.2) is 0 Å². The molecule has 0 aliphatic carbocycles. The molecule has 0 aliphatic rings. The highest BCUT2D eigenvalue weighted by Crippen LogP contribution is 2.28. The fourth-order valence-electron chi connectivity index (χ4n) is 2.03. The molecule has 0 heterocycles. The number of hydrogen-bond donors (Lipinski definition) is 0. The van der Waals surface area contributed by atoms with Crippen LogP contribution < -0.4 is 0 Å². The van der Waals surface area contributed by atoms with Gasteiger partial charge in [-0.15, -0.1) is 0 Å². The van der Waals surface area contributed by atoms with Crippen LogP contribution in [0.1, 0.15) is 17.0 Å². The second kappa shape index (κ2) is 6.49. The van der Waals surface area contributed by atoms with E-state index >= 15 is 0 Å². The molecule has 0 saturated carbocycles. The van der Waals surface area contributed by atoms with Gasteiger partial charge < -0.3 is 4.74 Å². The van der Waals surface area contributed by atoms with Gasteiger partial charge in [-0.1, -0.05) is 40.2 Å². The van der Waals surface area contributed by atoms with Gasteiger partial charge in [-0.05, 0) is 23.3 Å². The largest absolute Gasteiger partial charge is 0.468 e. The third-order valence-corrected chi connectivity index (χ3v) is 3.61. The van der Waals surface area contributed by atoms with Crippen LogP contribution in [0.5, 0.6) is 0 Å². The van der Waals surface area contributed by atoms with Crippen molar-refractivity contribution in [1.82, 2.24) is 0 Å². The topological polar surface area (TPSA) is 69.4 Å². The highest BCUT2D eigenvalue weighted by molar-refractivity contribution is 9.10. The second-order valence-electron chi connectivity index (χ2n) is 4.36. The normalized spacial score (nSPS) is 11.7. The number of nitrogens with zero attached hydrogens (tertiary/aromatic N) is 1. The van der Waals surface area contributed by atoms with E-state index < -0.39 is 16.8 Å². The van der Waals surface area contributed by atoms with Gasteiger partial charge in [-0.2, -0.15) is 0 Å². The fraction of sp³-hybridized carbons (Fsp3) is 0.133. The summed E-state index contributed by atoms with van der Waals surface area (Å²) in [7, 11) is 1.32. The Kier molecular flexibility index (Phi) is 4.70. The lowest BCUT2D eigenvalue weighted by atomic mass is 9.91. The van der Waals surface area contributed by atoms with Crippen molar-refractivity contribution in [3.8, 4) is 0 Å². The molecule has 0 bridgehead atoms. The number of carbonyl (C=O) groups is 1. The summed E-state index contributed by atoms with van der Waals surface area (Å²) in [6.07, 6.45) is 0. The minimum Gasteiger partial charge on any atom is -0.468 e. The van der Waals surface area contributed by atoms with E-state index in [0.29, 0.717) is 5.56 Å². The molecule has 5 nitrogen and oxygen atoms in total. The van der Waals surface area contributed by atoms with Gasteiger partial charge in [0.25, 0.3) is 5.69 Å². The van der Waals surface area contributed by atoms with E-state index in [0.717, 1.165) is 10.0 Å². The summed E-state index contributed by atoms with van der Waals surface area (Å²) in [6.45, 7) is 0. The van der Waals surface area contributed by atoms with Crippen LogP contribution in [0.3, 0.4) is 0 Å². The zero-order valence-corrected chi connectivity index (χ0v) is 12.7. The number of hydrogen-bond acceptors (Lipinski definition) is 4. The van der Waals surface area contributed by atoms with E-state index in [1.807, 2.05) is 24.3 Å². The Labute approximate surface area is 129 Å². The van der Waals surface area contributed by atoms with E-state index in [1.54, 1.807) is 12.1 Å². The number of methoxy groups -OCH3 is 1. The molecule has 6 heteroatoms. The second-order valence-corrected chi connectivity index (χ2v) is 5.27. The van der Waals surface area contributed by atoms with Crippen molar-refractivity contribution in [2.75, 3.05) is 7.11 Å². The third kappa shape index (κ3) is 3.46. The van der Waals surface area contributed by atoms with E-state index in [-0.39, 0.29) is 5.69 Å². The zero-order chi connectivity index (χ0) is 15.4. The molecule has 21 heavy (non-hydrogen) atoms. The predicted molar refractivity (Wildman–Crippen MR) is 81.1 cm³/mol. The first-order chi connectivity index (χ1) is 10.0. The first-order valence-corrected chi connectivity index (χ1v) is 6.90. The van der Waals surface area contributed by atoms with Crippen molar-refractivity contribution in [1.29, 1.82) is 0 Å². The quantitative estimate of drug-likeness (QED) is 0.479. The molecule has 0 saturated heterocycles. The van der Waals surface area contributed by atoms with Crippen molar-refractivity contribution in [3.05, 3.63) is 74.2 Å². The van der Waals surface area contributed by atoms with Crippen molar-refractivity contribution in [2.45, 2.75) is 5.92 Å². The molecule has 1 atom stereocenters. The Bertz CT molecular complexity index is 652. The lowest BCUT2D eigenvalue weighted by Gasteiger charge is -2.15. The molecular formula is C15H12BrNO4. The van der Waals surface area contributed by atoms with Crippen LogP contribution in [0.4, 0.5) is 5.69 Å². The summed E-state index contributed by atoms with van der Waals surface area (Å²) in [6, 6.07) is 13.2. The number of benzene rings is 2. The van der Waals surface area contributed by atoms with Gasteiger partial charge in [0.1, 0.15) is 5.92 Å². The summed E-state index contributed by atoms with van der Waals surface area (Å²) in [5, 5.41) is 10.7. The average Bonchev–Trinajstić information content (AvgIpc) is 2.49. The number of rotatable bonds is 4. The summed E-state index contributed by atoms with van der Waals surface area (Å²) >= 11 is 3.34. The number of non-ortho nitro benzene ring substituents is 1. The summed E-state index contributed by atoms with van der Waals surface area (Å²) in [5.74, 6) is -1.02. The Balaban J connectivity index is 2.42. The SMILES string of the molecule is COC(=O)[C@H](c1ccc(Br)cc1)c1ccc([N+](=O)[O-])cc1. The molecule has 2 aromatic carbocycles. The number of carbonyl (C=O) groups excluding carboxylic acids is 1. The van der Waals surface area contributed by atoms with Crippen molar-refractivity contribution >= 4 is 27.6 Å². The van der Waals surface area contributed by atoms with Crippen molar-refractivity contribution in [3.63, 3.8) is 0 Å². The summed E-state index contributed by atoms with van der Waals surface area (Å²) in [4.78, 5) is 22.3. The predicted octanol–water partition coefficient (Wildman–Crippen LogP) is 3.66. The van der Waals surface area contributed by atoms with Crippen molar-refractivity contribution < 1.29 is 14.5 Å². The van der Waals surface area contributed by atoms with Crippen LogP contribution in [0.2, 0.25) is 0 Å². The average molecular weight is 350 g/mol. The Morgan fingerprint density at radius 1 is 1.10 bits per heavy atom. The number of halogens is 1. The number of esters is 1. The molecule has 0 N–H and O–H groups in total. The van der Waals surface area contributed by atoms with Gasteiger partial charge in [-0.3, -0.25) is 14.9 Å². The minimum atomic E-state index is -0.607. The number of ether oxygens (including phenoxy) is 1. The first-order valence-electron chi connectivity index (χ1n) is 6.10. The Hall–Kier alpha value is -2.21. The van der Waals surface area contributed by atoms with Crippen LogP contribution >= 0.6 is 15.9 Å². The fourth-order valence-corrected chi connectivity index (χ4v) is 2.29. The maximum absolute atomic E-state index is 12.0. The highest BCUT2D eigenvalue weighted by Gasteiger charge is 2.24. The third-order valence-electron chi connectivity index (χ3n) is 3.08. The van der Waals surface area contributed by atoms with Crippen LogP contribution in [0.25, 0.3) is 0 Å². The highest BCUT2D eigenvalue weighted by atomic mass is 79.9. The molecule has 0 amide bonds. The van der Waals surface area contributed by atoms with Crippen LogP contribution in [0.15, 0.2) is 53.0 Å². The van der Waals surface area contributed by atoms with Gasteiger partial charge in [0.15, 0.2) is 0 Å². The summed E-state index contributed by atoms with van der Waals surface area (Å²) in [5.41, 5.74) is 1.40. The van der Waals surface area contributed by atoms with Gasteiger partial charge in [0.2, 0.25) is 0 Å². The molecule has 0 aliphatic heterocycles. The minimum absolute atomic E-state index is 0.0156. The lowest BCUT2D eigenvalue weighted by molar-refractivity contribution is -0.384. The maximum atomic E-state index is 12.0. The van der Waals surface area contributed by atoms with E-state index in [9.17, 15) is 14.9 Å². The molecule has 0 unspecified atom stereocenters.